The highest BCUT2D eigenvalue weighted by atomic mass is 16.5. The third kappa shape index (κ3) is 3.38. The van der Waals surface area contributed by atoms with Gasteiger partial charge in [-0.3, -0.25) is 4.79 Å². The van der Waals surface area contributed by atoms with Crippen molar-refractivity contribution in [3.63, 3.8) is 0 Å². The minimum Gasteiger partial charge on any atom is -0.497 e. The van der Waals surface area contributed by atoms with Crippen molar-refractivity contribution in [3.05, 3.63) is 53.1 Å². The first-order valence-corrected chi connectivity index (χ1v) is 9.96. The molecule has 2 aromatic rings. The Labute approximate surface area is 171 Å². The summed E-state index contributed by atoms with van der Waals surface area (Å²) >= 11 is 0. The molecule has 1 aliphatic heterocycles. The van der Waals surface area contributed by atoms with E-state index in [2.05, 4.69) is 30.3 Å². The average molecular weight is 390 g/mol. The Hall–Kier alpha value is -3.20. The molecule has 150 valence electrons. The molecule has 3 atom stereocenters. The predicted octanol–water partition coefficient (Wildman–Crippen LogP) is 3.68. The first kappa shape index (κ1) is 19.1. The molecule has 0 bridgehead atoms. The number of carbonyl (C=O) groups excluding carboxylic acids is 1. The summed E-state index contributed by atoms with van der Waals surface area (Å²) < 4.78 is 5.26. The fourth-order valence-corrected chi connectivity index (χ4v) is 4.70. The molecule has 0 radical (unpaired) electrons. The Balaban J connectivity index is 1.79. The second-order valence-corrected chi connectivity index (χ2v) is 8.08. The van der Waals surface area contributed by atoms with E-state index in [0.29, 0.717) is 28.8 Å². The number of nitrogens with zero attached hydrogens (tertiary/aromatic N) is 2. The van der Waals surface area contributed by atoms with Crippen LogP contribution in [0.5, 0.6) is 5.75 Å². The van der Waals surface area contributed by atoms with E-state index in [1.165, 1.54) is 12.8 Å². The summed E-state index contributed by atoms with van der Waals surface area (Å²) in [6, 6.07) is 13.8. The lowest BCUT2D eigenvalue weighted by Crippen LogP contribution is -2.47. The number of anilines is 2. The van der Waals surface area contributed by atoms with Crippen LogP contribution in [-0.4, -0.2) is 26.1 Å². The van der Waals surface area contributed by atoms with Gasteiger partial charge in [0.05, 0.1) is 24.4 Å². The Bertz CT molecular complexity index is 993. The van der Waals surface area contributed by atoms with Gasteiger partial charge in [0.2, 0.25) is 5.91 Å². The molecular weight excluding hydrogens is 364 g/mol. The number of methoxy groups -OCH3 is 1. The zero-order valence-corrected chi connectivity index (χ0v) is 17.0. The van der Waals surface area contributed by atoms with Gasteiger partial charge in [0.25, 0.3) is 0 Å². The fourth-order valence-electron chi connectivity index (χ4n) is 4.70. The number of nitriles is 1. The Morgan fingerprint density at radius 1 is 1.28 bits per heavy atom. The number of carbonyl (C=O) groups is 1. The normalized spacial score (nSPS) is 23.1. The van der Waals surface area contributed by atoms with Crippen molar-refractivity contribution < 1.29 is 9.53 Å². The van der Waals surface area contributed by atoms with Crippen LogP contribution in [0.1, 0.15) is 47.3 Å². The largest absolute Gasteiger partial charge is 0.497 e. The van der Waals surface area contributed by atoms with E-state index < -0.39 is 5.91 Å². The molecule has 6 nitrogen and oxygen atoms in total. The maximum absolute atomic E-state index is 11.8. The molecule has 3 N–H and O–H groups in total. The minimum absolute atomic E-state index is 0.0356. The monoisotopic (exact) mass is 390 g/mol. The number of fused-ring (bicyclic) bond motifs is 1. The van der Waals surface area contributed by atoms with Gasteiger partial charge >= 0.3 is 0 Å². The van der Waals surface area contributed by atoms with E-state index >= 15 is 0 Å². The van der Waals surface area contributed by atoms with Crippen LogP contribution in [0.25, 0.3) is 0 Å². The van der Waals surface area contributed by atoms with Crippen LogP contribution in [0.4, 0.5) is 11.4 Å². The van der Waals surface area contributed by atoms with E-state index in [4.69, 9.17) is 10.5 Å². The van der Waals surface area contributed by atoms with Crippen LogP contribution in [0.3, 0.4) is 0 Å². The number of benzene rings is 2. The lowest BCUT2D eigenvalue weighted by Gasteiger charge is -2.46. The summed E-state index contributed by atoms with van der Waals surface area (Å²) in [5.41, 5.74) is 9.48. The summed E-state index contributed by atoms with van der Waals surface area (Å²) in [5.74, 6) is 1.18. The van der Waals surface area contributed by atoms with E-state index in [-0.39, 0.29) is 12.0 Å². The van der Waals surface area contributed by atoms with Gasteiger partial charge in [-0.15, -0.1) is 0 Å². The molecule has 1 amide bonds. The summed E-state index contributed by atoms with van der Waals surface area (Å²) in [6.07, 6.45) is 2.49. The topological polar surface area (TPSA) is 91.4 Å². The molecule has 4 rings (SSSR count). The number of ether oxygens (including phenoxy) is 1. The van der Waals surface area contributed by atoms with Crippen molar-refractivity contribution >= 4 is 17.3 Å². The Kier molecular flexibility index (Phi) is 4.83. The van der Waals surface area contributed by atoms with Crippen molar-refractivity contribution in [1.82, 2.24) is 0 Å². The van der Waals surface area contributed by atoms with Gasteiger partial charge < -0.3 is 20.7 Å². The maximum Gasteiger partial charge on any atom is 0.248 e. The second kappa shape index (κ2) is 7.32. The SMILES string of the molecule is COc1ccc(N[C@H]2c3cc(C(N)=O)ccc3N(C)[C@@H](C3CC3)C2C)c(C#N)c1. The highest BCUT2D eigenvalue weighted by molar-refractivity contribution is 5.93. The quantitative estimate of drug-likeness (QED) is 0.812. The minimum atomic E-state index is -0.437. The standard InChI is InChI=1S/C23H26N4O2/c1-13-21(26-19-8-7-17(29-3)10-16(19)12-24)18-11-15(23(25)28)6-9-20(18)27(2)22(13)14-4-5-14/h6-11,13-14,21-22,26H,4-5H2,1-3H3,(H2,25,28)/t13?,21-,22-/m1/s1. The van der Waals surface area contributed by atoms with Gasteiger partial charge in [-0.05, 0) is 60.7 Å². The van der Waals surface area contributed by atoms with Crippen LogP contribution in [0.15, 0.2) is 36.4 Å². The smallest absolute Gasteiger partial charge is 0.248 e. The number of nitrogens with two attached hydrogens (primary N) is 1. The van der Waals surface area contributed by atoms with Crippen LogP contribution >= 0.6 is 0 Å². The van der Waals surface area contributed by atoms with Gasteiger partial charge in [0, 0.05) is 30.3 Å². The summed E-state index contributed by atoms with van der Waals surface area (Å²) in [5, 5.41) is 13.2. The van der Waals surface area contributed by atoms with Gasteiger partial charge in [-0.1, -0.05) is 6.92 Å². The molecule has 0 aromatic heterocycles. The van der Waals surface area contributed by atoms with Crippen molar-refractivity contribution in [2.75, 3.05) is 24.4 Å². The number of hydrogen-bond donors (Lipinski definition) is 2. The number of primary amides is 1. The molecule has 1 fully saturated rings. The summed E-state index contributed by atoms with van der Waals surface area (Å²) in [6.45, 7) is 2.24. The Morgan fingerprint density at radius 2 is 2.03 bits per heavy atom. The van der Waals surface area contributed by atoms with E-state index in [1.807, 2.05) is 24.3 Å². The fraction of sp³-hybridized carbons (Fsp3) is 0.391. The molecule has 0 spiro atoms. The molecule has 1 saturated carbocycles. The average Bonchev–Trinajstić information content (AvgIpc) is 3.55. The van der Waals surface area contributed by atoms with E-state index in [1.54, 1.807) is 19.2 Å². The highest BCUT2D eigenvalue weighted by Gasteiger charge is 2.45. The number of nitrogens with one attached hydrogen (secondary N) is 1. The first-order valence-electron chi connectivity index (χ1n) is 9.96. The molecule has 0 saturated heterocycles. The van der Waals surface area contributed by atoms with Gasteiger partial charge in [-0.2, -0.15) is 5.26 Å². The molecule has 1 aliphatic carbocycles. The third-order valence-electron chi connectivity index (χ3n) is 6.30. The van der Waals surface area contributed by atoms with Gasteiger partial charge in [0.1, 0.15) is 11.8 Å². The van der Waals surface area contributed by atoms with Gasteiger partial charge in [-0.25, -0.2) is 0 Å². The van der Waals surface area contributed by atoms with Crippen molar-refractivity contribution in [2.45, 2.75) is 31.8 Å². The highest BCUT2D eigenvalue weighted by Crippen LogP contribution is 2.49. The molecule has 2 aliphatic rings. The van der Waals surface area contributed by atoms with Crippen LogP contribution in [-0.2, 0) is 0 Å². The molecule has 6 heteroatoms. The Morgan fingerprint density at radius 3 is 2.66 bits per heavy atom. The number of amides is 1. The molecule has 29 heavy (non-hydrogen) atoms. The predicted molar refractivity (Wildman–Crippen MR) is 113 cm³/mol. The summed E-state index contributed by atoms with van der Waals surface area (Å²) in [7, 11) is 3.72. The van der Waals surface area contributed by atoms with E-state index in [0.717, 1.165) is 16.9 Å². The van der Waals surface area contributed by atoms with Crippen LogP contribution < -0.4 is 20.7 Å². The number of rotatable bonds is 5. The van der Waals surface area contributed by atoms with Crippen molar-refractivity contribution in [3.8, 4) is 11.8 Å². The third-order valence-corrected chi connectivity index (χ3v) is 6.30. The maximum atomic E-state index is 11.8. The molecule has 1 unspecified atom stereocenters. The zero-order valence-electron chi connectivity index (χ0n) is 17.0. The first-order chi connectivity index (χ1) is 13.9. The lowest BCUT2D eigenvalue weighted by atomic mass is 9.79. The van der Waals surface area contributed by atoms with Crippen LogP contribution in [0, 0.1) is 23.2 Å². The second-order valence-electron chi connectivity index (χ2n) is 8.08. The van der Waals surface area contributed by atoms with Crippen LogP contribution in [0.2, 0.25) is 0 Å². The van der Waals surface area contributed by atoms with Crippen molar-refractivity contribution in [2.24, 2.45) is 17.6 Å². The number of hydrogen-bond acceptors (Lipinski definition) is 5. The molecular formula is C23H26N4O2. The van der Waals surface area contributed by atoms with E-state index in [9.17, 15) is 10.1 Å². The zero-order chi connectivity index (χ0) is 20.7. The lowest BCUT2D eigenvalue weighted by molar-refractivity contribution is 0.1000. The van der Waals surface area contributed by atoms with Crippen molar-refractivity contribution in [1.29, 1.82) is 5.26 Å². The molecule has 1 heterocycles. The summed E-state index contributed by atoms with van der Waals surface area (Å²) in [4.78, 5) is 14.1. The van der Waals surface area contributed by atoms with Gasteiger partial charge in [0.15, 0.2) is 0 Å². The molecule has 2 aromatic carbocycles.